The molecule has 6 aromatic rings. The number of para-hydroxylation sites is 1. The fraction of sp³-hybridized carbons (Fsp3) is 0.250. The van der Waals surface area contributed by atoms with Gasteiger partial charge in [0.05, 0.1) is 23.6 Å². The van der Waals surface area contributed by atoms with Crippen molar-refractivity contribution in [2.75, 3.05) is 32.8 Å². The van der Waals surface area contributed by atoms with E-state index in [1.54, 1.807) is 36.7 Å². The van der Waals surface area contributed by atoms with Gasteiger partial charge in [-0.2, -0.15) is 13.2 Å². The van der Waals surface area contributed by atoms with Gasteiger partial charge in [-0.1, -0.05) is 30.3 Å². The molecule has 0 bridgehead atoms. The Kier molecular flexibility index (Phi) is 8.26. The number of aryl methyl sites for hydroxylation is 2. The Morgan fingerprint density at radius 1 is 0.792 bits per heavy atom. The predicted octanol–water partition coefficient (Wildman–Crippen LogP) is 6.82. The highest BCUT2D eigenvalue weighted by atomic mass is 19.4. The van der Waals surface area contributed by atoms with E-state index in [1.807, 2.05) is 60.0 Å². The number of piperazine rings is 1. The Bertz CT molecular complexity index is 2080. The lowest BCUT2D eigenvalue weighted by Crippen LogP contribution is -2.48. The number of fused-ring (bicyclic) bond motifs is 2. The highest BCUT2D eigenvalue weighted by molar-refractivity contribution is 5.99. The van der Waals surface area contributed by atoms with E-state index in [9.17, 15) is 18.0 Å². The maximum Gasteiger partial charge on any atom is 0.422 e. The highest BCUT2D eigenvalue weighted by Gasteiger charge is 2.28. The van der Waals surface area contributed by atoms with Gasteiger partial charge in [0.25, 0.3) is 5.91 Å². The molecular formula is C36H33F3N6O3. The number of hydrogen-bond donors (Lipinski definition) is 0. The predicted molar refractivity (Wildman–Crippen MR) is 176 cm³/mol. The summed E-state index contributed by atoms with van der Waals surface area (Å²) in [6, 6.07) is 24.5. The summed E-state index contributed by atoms with van der Waals surface area (Å²) in [5.74, 6) is 1.09. The molecule has 0 N–H and O–H groups in total. The molecule has 48 heavy (non-hydrogen) atoms. The number of amides is 1. The topological polar surface area (TPSA) is 77.7 Å². The molecule has 0 radical (unpaired) electrons. The first-order chi connectivity index (χ1) is 23.1. The van der Waals surface area contributed by atoms with E-state index >= 15 is 0 Å². The van der Waals surface area contributed by atoms with Crippen molar-refractivity contribution in [1.82, 2.24) is 28.9 Å². The van der Waals surface area contributed by atoms with Gasteiger partial charge in [0.2, 0.25) is 5.88 Å². The molecule has 1 aliphatic heterocycles. The highest BCUT2D eigenvalue weighted by Crippen LogP contribution is 2.29. The van der Waals surface area contributed by atoms with Gasteiger partial charge < -0.3 is 23.5 Å². The van der Waals surface area contributed by atoms with Gasteiger partial charge in [0.15, 0.2) is 6.61 Å². The number of halogens is 3. The van der Waals surface area contributed by atoms with Gasteiger partial charge in [-0.25, -0.2) is 9.97 Å². The quantitative estimate of drug-likeness (QED) is 0.179. The van der Waals surface area contributed by atoms with Crippen LogP contribution in [0, 0.1) is 0 Å². The van der Waals surface area contributed by atoms with Crippen molar-refractivity contribution < 1.29 is 27.4 Å². The zero-order valence-electron chi connectivity index (χ0n) is 26.4. The van der Waals surface area contributed by atoms with E-state index in [2.05, 4.69) is 37.6 Å². The molecule has 1 saturated heterocycles. The van der Waals surface area contributed by atoms with Crippen LogP contribution in [0.1, 0.15) is 16.1 Å². The summed E-state index contributed by atoms with van der Waals surface area (Å²) in [5.41, 5.74) is 5.24. The van der Waals surface area contributed by atoms with Crippen molar-refractivity contribution in [2.24, 2.45) is 14.1 Å². The lowest BCUT2D eigenvalue weighted by Gasteiger charge is -2.34. The molecule has 246 valence electrons. The van der Waals surface area contributed by atoms with Gasteiger partial charge in [0.1, 0.15) is 22.9 Å². The number of carbonyl (C=O) groups is 1. The lowest BCUT2D eigenvalue weighted by molar-refractivity contribution is -0.153. The molecule has 9 nitrogen and oxygen atoms in total. The summed E-state index contributed by atoms with van der Waals surface area (Å²) in [5, 5.41) is 2.06. The molecule has 1 amide bonds. The Labute approximate surface area is 274 Å². The lowest BCUT2D eigenvalue weighted by atomic mass is 10.2. The third kappa shape index (κ3) is 6.56. The second-order valence-electron chi connectivity index (χ2n) is 11.9. The Morgan fingerprint density at radius 3 is 2.23 bits per heavy atom. The second kappa shape index (κ2) is 12.7. The first-order valence-electron chi connectivity index (χ1n) is 15.6. The van der Waals surface area contributed by atoms with Crippen LogP contribution in [0.25, 0.3) is 33.2 Å². The van der Waals surface area contributed by atoms with Crippen molar-refractivity contribution in [3.63, 3.8) is 0 Å². The molecule has 0 spiro atoms. The molecule has 4 heterocycles. The van der Waals surface area contributed by atoms with E-state index in [1.165, 1.54) is 0 Å². The summed E-state index contributed by atoms with van der Waals surface area (Å²) in [6.45, 7) is 1.81. The number of alkyl halides is 3. The van der Waals surface area contributed by atoms with Crippen molar-refractivity contribution >= 4 is 27.7 Å². The first-order valence-corrected chi connectivity index (χ1v) is 15.6. The molecule has 12 heteroatoms. The smallest absolute Gasteiger partial charge is 0.422 e. The van der Waals surface area contributed by atoms with Crippen LogP contribution in [0.15, 0.2) is 91.3 Å². The average molecular weight is 655 g/mol. The summed E-state index contributed by atoms with van der Waals surface area (Å²) >= 11 is 0. The maximum absolute atomic E-state index is 13.6. The summed E-state index contributed by atoms with van der Waals surface area (Å²) in [4.78, 5) is 26.7. The van der Waals surface area contributed by atoms with Crippen molar-refractivity contribution in [3.8, 4) is 28.8 Å². The largest absolute Gasteiger partial charge is 0.484 e. The van der Waals surface area contributed by atoms with Gasteiger partial charge >= 0.3 is 6.18 Å². The third-order valence-corrected chi connectivity index (χ3v) is 8.69. The molecule has 0 aliphatic carbocycles. The van der Waals surface area contributed by atoms with Crippen LogP contribution in [0.3, 0.4) is 0 Å². The Morgan fingerprint density at radius 2 is 1.52 bits per heavy atom. The van der Waals surface area contributed by atoms with Gasteiger partial charge in [-0.3, -0.25) is 9.69 Å². The Hall–Kier alpha value is -5.36. The molecule has 0 unspecified atom stereocenters. The van der Waals surface area contributed by atoms with E-state index in [0.29, 0.717) is 50.0 Å². The normalized spacial score (nSPS) is 14.1. The number of hydrogen-bond acceptors (Lipinski definition) is 6. The number of benzene rings is 3. The van der Waals surface area contributed by atoms with E-state index in [-0.39, 0.29) is 11.7 Å². The van der Waals surface area contributed by atoms with Crippen molar-refractivity contribution in [3.05, 3.63) is 103 Å². The maximum atomic E-state index is 13.6. The van der Waals surface area contributed by atoms with E-state index in [4.69, 9.17) is 9.47 Å². The second-order valence-corrected chi connectivity index (χ2v) is 11.9. The monoisotopic (exact) mass is 654 g/mol. The first kappa shape index (κ1) is 31.3. The molecule has 3 aromatic carbocycles. The molecule has 1 aliphatic rings. The third-order valence-electron chi connectivity index (χ3n) is 8.69. The zero-order valence-corrected chi connectivity index (χ0v) is 26.4. The van der Waals surface area contributed by atoms with E-state index < -0.39 is 12.8 Å². The van der Waals surface area contributed by atoms with Crippen LogP contribution < -0.4 is 9.47 Å². The minimum Gasteiger partial charge on any atom is -0.484 e. The Balaban J connectivity index is 0.968. The minimum absolute atomic E-state index is 0.0447. The fourth-order valence-electron chi connectivity index (χ4n) is 6.12. The van der Waals surface area contributed by atoms with Gasteiger partial charge in [-0.15, -0.1) is 0 Å². The number of aromatic nitrogens is 4. The number of carbonyl (C=O) groups excluding carboxylic acids is 1. The summed E-state index contributed by atoms with van der Waals surface area (Å²) in [6.07, 6.45) is -1.06. The van der Waals surface area contributed by atoms with Crippen molar-refractivity contribution in [1.29, 1.82) is 0 Å². The van der Waals surface area contributed by atoms with Crippen LogP contribution in [0.4, 0.5) is 13.2 Å². The number of rotatable bonds is 8. The molecule has 7 rings (SSSR count). The number of ether oxygens (including phenoxy) is 2. The van der Waals surface area contributed by atoms with Crippen LogP contribution in [0.2, 0.25) is 0 Å². The summed E-state index contributed by atoms with van der Waals surface area (Å²) < 4.78 is 52.0. The number of nitrogens with zero attached hydrogens (tertiary/aromatic N) is 6. The average Bonchev–Trinajstić information content (AvgIpc) is 3.60. The van der Waals surface area contributed by atoms with Crippen LogP contribution in [0.5, 0.6) is 17.4 Å². The molecular weight excluding hydrogens is 621 g/mol. The van der Waals surface area contributed by atoms with Gasteiger partial charge in [-0.05, 0) is 48.0 Å². The van der Waals surface area contributed by atoms with Crippen molar-refractivity contribution in [2.45, 2.75) is 12.7 Å². The summed E-state index contributed by atoms with van der Waals surface area (Å²) in [7, 11) is 3.88. The van der Waals surface area contributed by atoms with Crippen LogP contribution in [-0.4, -0.2) is 73.8 Å². The fourth-order valence-corrected chi connectivity index (χ4v) is 6.12. The molecule has 3 aromatic heterocycles. The van der Waals surface area contributed by atoms with Crippen LogP contribution >= 0.6 is 0 Å². The molecule has 0 saturated carbocycles. The molecule has 1 fully saturated rings. The minimum atomic E-state index is -4.37. The standard InChI is InChI=1S/C36H33F3N6O3/c1-42-30-6-4-3-5-25(30)17-32(42)29-20-41-34(21-40-29)48-28-12-9-26-18-33(43(2)31(26)19-28)35(46)45-15-13-44(14-16-45)22-24-7-10-27(11-8-24)47-23-36(37,38)39/h3-12,17-21H,13-16,22-23H2,1-2H3. The molecule has 0 atom stereocenters. The van der Waals surface area contributed by atoms with Crippen LogP contribution in [-0.2, 0) is 20.6 Å². The van der Waals surface area contributed by atoms with Gasteiger partial charge in [0, 0.05) is 69.2 Å². The SMILES string of the molecule is Cn1c(C(=O)N2CCN(Cc3ccc(OCC(F)(F)F)cc3)CC2)cc2ccc(Oc3cnc(-c4cc5ccccc5n4C)cn3)cc21. The van der Waals surface area contributed by atoms with E-state index in [0.717, 1.165) is 38.8 Å². The zero-order chi connectivity index (χ0) is 33.4.